The van der Waals surface area contributed by atoms with Crippen molar-refractivity contribution >= 4 is 21.8 Å². The molecule has 3 aliphatic rings. The van der Waals surface area contributed by atoms with Gasteiger partial charge in [-0.05, 0) is 42.5 Å². The zero-order valence-corrected chi connectivity index (χ0v) is 22.4. The molecule has 0 spiro atoms. The second-order valence-corrected chi connectivity index (χ2v) is 11.2. The van der Waals surface area contributed by atoms with Crippen molar-refractivity contribution in [1.82, 2.24) is 19.9 Å². The summed E-state index contributed by atoms with van der Waals surface area (Å²) in [6.07, 6.45) is 11.0. The van der Waals surface area contributed by atoms with Crippen molar-refractivity contribution < 1.29 is 18.9 Å². The Morgan fingerprint density at radius 2 is 1.59 bits per heavy atom. The van der Waals surface area contributed by atoms with E-state index in [1.165, 1.54) is 21.8 Å². The van der Waals surface area contributed by atoms with E-state index < -0.39 is 0 Å². The first-order valence-corrected chi connectivity index (χ1v) is 14.2. The molecule has 1 aromatic carbocycles. The standard InChI is InChI=1S/C31H36N4O4/c1-35-29-6-7-32-18-28(29)27-4-2-21(12-30(27)35)22-3-5-31(34-15-22)39-25-13-24(14-25)38-19-20-10-23(11-20)36-8-9-37-26-16-33-17-26/h2-7,12,15,18,20,23-26,33H,8-11,13-14,16-17,19H2,1H3/t20?,23?,24-,25-. The van der Waals surface area contributed by atoms with Gasteiger partial charge in [-0.2, -0.15) is 0 Å². The van der Waals surface area contributed by atoms with Gasteiger partial charge in [0.2, 0.25) is 5.88 Å². The maximum atomic E-state index is 6.13. The number of rotatable bonds is 11. The van der Waals surface area contributed by atoms with Crippen molar-refractivity contribution in [2.45, 2.75) is 50.1 Å². The smallest absolute Gasteiger partial charge is 0.213 e. The van der Waals surface area contributed by atoms with Crippen molar-refractivity contribution in [3.63, 3.8) is 0 Å². The quantitative estimate of drug-likeness (QED) is 0.287. The number of ether oxygens (including phenoxy) is 4. The highest BCUT2D eigenvalue weighted by Crippen LogP contribution is 2.34. The van der Waals surface area contributed by atoms with Gasteiger partial charge in [0.05, 0.1) is 37.0 Å². The highest BCUT2D eigenvalue weighted by molar-refractivity contribution is 6.08. The van der Waals surface area contributed by atoms with Crippen LogP contribution < -0.4 is 10.1 Å². The minimum atomic E-state index is 0.178. The first-order valence-electron chi connectivity index (χ1n) is 14.2. The van der Waals surface area contributed by atoms with Crippen molar-refractivity contribution in [3.05, 3.63) is 55.0 Å². The van der Waals surface area contributed by atoms with Gasteiger partial charge in [0.1, 0.15) is 6.10 Å². The first kappa shape index (κ1) is 25.0. The summed E-state index contributed by atoms with van der Waals surface area (Å²) in [7, 11) is 2.10. The van der Waals surface area contributed by atoms with E-state index in [9.17, 15) is 0 Å². The Morgan fingerprint density at radius 3 is 2.36 bits per heavy atom. The lowest BCUT2D eigenvalue weighted by molar-refractivity contribution is -0.112. The van der Waals surface area contributed by atoms with Crippen LogP contribution in [-0.2, 0) is 21.3 Å². The highest BCUT2D eigenvalue weighted by Gasteiger charge is 2.35. The van der Waals surface area contributed by atoms with Crippen LogP contribution in [0.4, 0.5) is 0 Å². The molecule has 0 bridgehead atoms. The number of pyridine rings is 2. The molecule has 39 heavy (non-hydrogen) atoms. The lowest BCUT2D eigenvalue weighted by Crippen LogP contribution is -2.49. The van der Waals surface area contributed by atoms with Gasteiger partial charge in [-0.1, -0.05) is 12.1 Å². The molecule has 4 aromatic rings. The molecule has 3 aromatic heterocycles. The summed E-state index contributed by atoms with van der Waals surface area (Å²) in [5.41, 5.74) is 4.59. The number of fused-ring (bicyclic) bond motifs is 3. The SMILES string of the molecule is Cn1c2ccncc2c2ccc(-c3ccc(O[C@H]4C[C@H](OCC5CC(OCCOC6CNC6)C5)C4)nc3)cc21. The molecule has 8 nitrogen and oxygen atoms in total. The van der Waals surface area contributed by atoms with Crippen LogP contribution >= 0.6 is 0 Å². The largest absolute Gasteiger partial charge is 0.474 e. The van der Waals surface area contributed by atoms with Crippen molar-refractivity contribution in [1.29, 1.82) is 0 Å². The molecule has 2 aliphatic carbocycles. The van der Waals surface area contributed by atoms with Crippen molar-refractivity contribution in [3.8, 4) is 17.0 Å². The Hall–Kier alpha value is -3.04. The Morgan fingerprint density at radius 1 is 0.795 bits per heavy atom. The van der Waals surface area contributed by atoms with E-state index in [0.717, 1.165) is 56.5 Å². The summed E-state index contributed by atoms with van der Waals surface area (Å²) >= 11 is 0. The molecule has 2 saturated carbocycles. The van der Waals surface area contributed by atoms with Crippen LogP contribution in [-0.4, -0.2) is 71.9 Å². The van der Waals surface area contributed by atoms with E-state index >= 15 is 0 Å². The van der Waals surface area contributed by atoms with Gasteiger partial charge in [-0.25, -0.2) is 4.98 Å². The zero-order valence-electron chi connectivity index (χ0n) is 22.4. The predicted molar refractivity (Wildman–Crippen MR) is 150 cm³/mol. The third-order valence-corrected chi connectivity index (χ3v) is 8.51. The van der Waals surface area contributed by atoms with E-state index in [4.69, 9.17) is 18.9 Å². The molecule has 1 saturated heterocycles. The molecular weight excluding hydrogens is 492 g/mol. The number of hydrogen-bond acceptors (Lipinski definition) is 7. The van der Waals surface area contributed by atoms with Crippen molar-refractivity contribution in [2.75, 3.05) is 32.9 Å². The Kier molecular flexibility index (Phi) is 6.94. The zero-order chi connectivity index (χ0) is 26.2. The van der Waals surface area contributed by atoms with Crippen LogP contribution in [0.2, 0.25) is 0 Å². The van der Waals surface area contributed by atoms with Crippen LogP contribution in [0.25, 0.3) is 32.9 Å². The van der Waals surface area contributed by atoms with Gasteiger partial charge in [0, 0.05) is 86.1 Å². The van der Waals surface area contributed by atoms with Crippen molar-refractivity contribution in [2.24, 2.45) is 13.0 Å². The number of aromatic nitrogens is 3. The van der Waals surface area contributed by atoms with E-state index in [-0.39, 0.29) is 6.10 Å². The summed E-state index contributed by atoms with van der Waals surface area (Å²) in [5.74, 6) is 1.29. The van der Waals surface area contributed by atoms with E-state index in [1.807, 2.05) is 24.7 Å². The first-order chi connectivity index (χ1) is 19.2. The summed E-state index contributed by atoms with van der Waals surface area (Å²) < 4.78 is 26.1. The molecule has 1 aliphatic heterocycles. The fourth-order valence-corrected chi connectivity index (χ4v) is 5.80. The third-order valence-electron chi connectivity index (χ3n) is 8.51. The summed E-state index contributed by atoms with van der Waals surface area (Å²) in [5, 5.41) is 5.60. The minimum Gasteiger partial charge on any atom is -0.474 e. The molecule has 0 radical (unpaired) electrons. The molecule has 0 atom stereocenters. The molecule has 3 fully saturated rings. The Labute approximate surface area is 228 Å². The van der Waals surface area contributed by atoms with E-state index in [0.29, 0.717) is 43.3 Å². The maximum absolute atomic E-state index is 6.13. The number of benzene rings is 1. The van der Waals surface area contributed by atoms with Gasteiger partial charge < -0.3 is 28.8 Å². The third kappa shape index (κ3) is 5.26. The average molecular weight is 529 g/mol. The number of nitrogens with zero attached hydrogens (tertiary/aromatic N) is 3. The fraction of sp³-hybridized carbons (Fsp3) is 0.484. The van der Waals surface area contributed by atoms with Gasteiger partial charge in [0.25, 0.3) is 0 Å². The predicted octanol–water partition coefficient (Wildman–Crippen LogP) is 4.50. The summed E-state index contributed by atoms with van der Waals surface area (Å²) in [6.45, 7) is 4.17. The number of aryl methyl sites for hydroxylation is 1. The molecule has 8 heteroatoms. The lowest BCUT2D eigenvalue weighted by atomic mass is 9.82. The number of nitrogens with one attached hydrogen (secondary N) is 1. The van der Waals surface area contributed by atoms with Crippen LogP contribution in [0.3, 0.4) is 0 Å². The topological polar surface area (TPSA) is 79.7 Å². The van der Waals surface area contributed by atoms with E-state index in [1.54, 1.807) is 0 Å². The normalized spacial score (nSPS) is 24.8. The van der Waals surface area contributed by atoms with E-state index in [2.05, 4.69) is 57.2 Å². The fourth-order valence-electron chi connectivity index (χ4n) is 5.80. The second-order valence-electron chi connectivity index (χ2n) is 11.2. The van der Waals surface area contributed by atoms with Gasteiger partial charge in [0.15, 0.2) is 0 Å². The van der Waals surface area contributed by atoms with Gasteiger partial charge in [-0.15, -0.1) is 0 Å². The molecule has 7 rings (SSSR count). The molecule has 0 amide bonds. The molecule has 204 valence electrons. The Bertz CT molecular complexity index is 1420. The molecule has 4 heterocycles. The highest BCUT2D eigenvalue weighted by atomic mass is 16.5. The summed E-state index contributed by atoms with van der Waals surface area (Å²) in [6, 6.07) is 12.7. The summed E-state index contributed by atoms with van der Waals surface area (Å²) in [4.78, 5) is 8.89. The van der Waals surface area contributed by atoms with Gasteiger partial charge in [-0.3, -0.25) is 4.98 Å². The minimum absolute atomic E-state index is 0.178. The van der Waals surface area contributed by atoms with Crippen LogP contribution in [0, 0.1) is 5.92 Å². The van der Waals surface area contributed by atoms with Crippen LogP contribution in [0.5, 0.6) is 5.88 Å². The maximum Gasteiger partial charge on any atom is 0.213 e. The van der Waals surface area contributed by atoms with Crippen LogP contribution in [0.1, 0.15) is 25.7 Å². The van der Waals surface area contributed by atoms with Crippen LogP contribution in [0.15, 0.2) is 55.0 Å². The lowest BCUT2D eigenvalue weighted by Gasteiger charge is -2.39. The molecular formula is C31H36N4O4. The Balaban J connectivity index is 0.835. The number of hydrogen-bond donors (Lipinski definition) is 1. The average Bonchev–Trinajstić information content (AvgIpc) is 3.18. The molecule has 1 N–H and O–H groups in total. The second kappa shape index (κ2) is 10.8. The molecule has 0 unspecified atom stereocenters. The van der Waals surface area contributed by atoms with Gasteiger partial charge >= 0.3 is 0 Å². The monoisotopic (exact) mass is 528 g/mol.